The van der Waals surface area contributed by atoms with E-state index in [9.17, 15) is 26.3 Å². The number of hydrogen-bond acceptors (Lipinski definition) is 0. The van der Waals surface area contributed by atoms with Gasteiger partial charge >= 0.3 is 12.4 Å². The van der Waals surface area contributed by atoms with Crippen molar-refractivity contribution in [2.75, 3.05) is 0 Å². The molecule has 2 aromatic rings. The summed E-state index contributed by atoms with van der Waals surface area (Å²) in [6.45, 7) is 0. The van der Waals surface area contributed by atoms with Gasteiger partial charge in [-0.25, -0.2) is 0 Å². The van der Waals surface area contributed by atoms with Crippen LogP contribution in [-0.4, -0.2) is 12.4 Å². The predicted octanol–water partition coefficient (Wildman–Crippen LogP) is 7.12. The van der Waals surface area contributed by atoms with Gasteiger partial charge in [0, 0.05) is 0 Å². The predicted molar refractivity (Wildman–Crippen MR) is 87.6 cm³/mol. The maximum absolute atomic E-state index is 13.1. The van der Waals surface area contributed by atoms with Crippen molar-refractivity contribution in [2.24, 2.45) is 5.41 Å². The number of benzene rings is 2. The van der Waals surface area contributed by atoms with E-state index in [0.717, 1.165) is 16.7 Å². The molecule has 0 nitrogen and oxygen atoms in total. The van der Waals surface area contributed by atoms with Gasteiger partial charge in [-0.1, -0.05) is 54.6 Å². The second kappa shape index (κ2) is 6.63. The lowest BCUT2D eigenvalue weighted by molar-refractivity contribution is -0.350. The molecule has 2 aromatic carbocycles. The minimum Gasteiger partial charge on any atom is -0.170 e. The summed E-state index contributed by atoms with van der Waals surface area (Å²) in [4.78, 5) is 0. The molecular formula is C20H18F6. The van der Waals surface area contributed by atoms with Crippen LogP contribution in [0.15, 0.2) is 54.6 Å². The summed E-state index contributed by atoms with van der Waals surface area (Å²) < 4.78 is 78.9. The van der Waals surface area contributed by atoms with E-state index in [-0.39, 0.29) is 18.8 Å². The summed E-state index contributed by atoms with van der Waals surface area (Å²) in [5.74, 6) is -0.280. The van der Waals surface area contributed by atoms with E-state index in [1.807, 2.05) is 42.5 Å². The molecule has 0 radical (unpaired) electrons. The molecule has 0 bridgehead atoms. The topological polar surface area (TPSA) is 0 Å². The van der Waals surface area contributed by atoms with Crippen LogP contribution in [0, 0.1) is 5.41 Å². The molecule has 0 saturated heterocycles. The van der Waals surface area contributed by atoms with E-state index in [2.05, 4.69) is 0 Å². The van der Waals surface area contributed by atoms with Gasteiger partial charge in [0.1, 0.15) is 0 Å². The summed E-state index contributed by atoms with van der Waals surface area (Å²) in [6.07, 6.45) is -12.6. The second-order valence-corrected chi connectivity index (χ2v) is 6.84. The van der Waals surface area contributed by atoms with Crippen molar-refractivity contribution in [3.63, 3.8) is 0 Å². The molecule has 0 amide bonds. The summed E-state index contributed by atoms with van der Waals surface area (Å²) in [6, 6.07) is 16.9. The summed E-state index contributed by atoms with van der Waals surface area (Å²) >= 11 is 0. The van der Waals surface area contributed by atoms with Gasteiger partial charge in [-0.2, -0.15) is 26.3 Å². The summed E-state index contributed by atoms with van der Waals surface area (Å²) in [7, 11) is 0. The molecule has 6 heteroatoms. The molecule has 1 aliphatic carbocycles. The SMILES string of the molecule is FC(F)(F)C1(C(F)(F)F)CCC(c2ccc(-c3ccccc3)cc2)CC1. The molecule has 0 aromatic heterocycles. The molecular weight excluding hydrogens is 354 g/mol. The van der Waals surface area contributed by atoms with E-state index in [1.54, 1.807) is 12.1 Å². The van der Waals surface area contributed by atoms with Crippen LogP contribution in [0.1, 0.15) is 37.2 Å². The lowest BCUT2D eigenvalue weighted by atomic mass is 9.68. The van der Waals surface area contributed by atoms with Gasteiger partial charge in [0.2, 0.25) is 0 Å². The van der Waals surface area contributed by atoms with Gasteiger partial charge in [-0.3, -0.25) is 0 Å². The summed E-state index contributed by atoms with van der Waals surface area (Å²) in [5, 5.41) is 0. The highest BCUT2D eigenvalue weighted by Gasteiger charge is 2.70. The largest absolute Gasteiger partial charge is 0.403 e. The fourth-order valence-corrected chi connectivity index (χ4v) is 3.75. The lowest BCUT2D eigenvalue weighted by Crippen LogP contribution is -2.51. The Bertz CT molecular complexity index is 704. The fourth-order valence-electron chi connectivity index (χ4n) is 3.75. The van der Waals surface area contributed by atoms with E-state index in [1.165, 1.54) is 0 Å². The Morgan fingerprint density at radius 3 is 1.58 bits per heavy atom. The molecule has 0 N–H and O–H groups in total. The molecule has 0 spiro atoms. The van der Waals surface area contributed by atoms with Crippen molar-refractivity contribution in [1.82, 2.24) is 0 Å². The van der Waals surface area contributed by atoms with Crippen molar-refractivity contribution in [1.29, 1.82) is 0 Å². The van der Waals surface area contributed by atoms with Gasteiger partial charge in [-0.05, 0) is 48.3 Å². The minimum absolute atomic E-state index is 0.121. The van der Waals surface area contributed by atoms with Crippen LogP contribution in [0.3, 0.4) is 0 Å². The fraction of sp³-hybridized carbons (Fsp3) is 0.400. The summed E-state index contributed by atoms with van der Waals surface area (Å²) in [5.41, 5.74) is -0.802. The quantitative estimate of drug-likeness (QED) is 0.492. The lowest BCUT2D eigenvalue weighted by Gasteiger charge is -2.42. The first kappa shape index (κ1) is 18.8. The number of alkyl halides is 6. The highest BCUT2D eigenvalue weighted by molar-refractivity contribution is 5.63. The standard InChI is InChI=1S/C20H18F6/c21-19(22,23)18(20(24,25)26)12-10-17(11-13-18)16-8-6-15(7-9-16)14-4-2-1-3-5-14/h1-9,17H,10-13H2. The van der Waals surface area contributed by atoms with Crippen LogP contribution in [0.4, 0.5) is 26.3 Å². The van der Waals surface area contributed by atoms with E-state index in [4.69, 9.17) is 0 Å². The Morgan fingerprint density at radius 1 is 0.654 bits per heavy atom. The number of halogens is 6. The third-order valence-corrected chi connectivity index (χ3v) is 5.41. The van der Waals surface area contributed by atoms with Crippen LogP contribution >= 0.6 is 0 Å². The Balaban J connectivity index is 1.76. The van der Waals surface area contributed by atoms with E-state index in [0.29, 0.717) is 0 Å². The van der Waals surface area contributed by atoms with Crippen LogP contribution in [0.5, 0.6) is 0 Å². The van der Waals surface area contributed by atoms with Gasteiger partial charge in [0.05, 0.1) is 0 Å². The maximum Gasteiger partial charge on any atom is 0.403 e. The normalized spacial score (nSPS) is 18.7. The second-order valence-electron chi connectivity index (χ2n) is 6.84. The molecule has 0 heterocycles. The van der Waals surface area contributed by atoms with Gasteiger partial charge in [0.25, 0.3) is 0 Å². The van der Waals surface area contributed by atoms with Crippen LogP contribution in [0.2, 0.25) is 0 Å². The van der Waals surface area contributed by atoms with Gasteiger partial charge in [-0.15, -0.1) is 0 Å². The average molecular weight is 372 g/mol. The third kappa shape index (κ3) is 3.33. The zero-order chi connectivity index (χ0) is 19.0. The van der Waals surface area contributed by atoms with Crippen molar-refractivity contribution < 1.29 is 26.3 Å². The zero-order valence-corrected chi connectivity index (χ0v) is 13.9. The highest BCUT2D eigenvalue weighted by atomic mass is 19.4. The Hall–Kier alpha value is -1.98. The molecule has 3 rings (SSSR count). The number of rotatable bonds is 2. The average Bonchev–Trinajstić information content (AvgIpc) is 2.61. The Kier molecular flexibility index (Phi) is 4.80. The molecule has 0 atom stereocenters. The first-order chi connectivity index (χ1) is 12.1. The van der Waals surface area contributed by atoms with Crippen LogP contribution in [-0.2, 0) is 0 Å². The molecule has 0 aliphatic heterocycles. The Morgan fingerprint density at radius 2 is 1.12 bits per heavy atom. The first-order valence-electron chi connectivity index (χ1n) is 8.43. The molecule has 1 fully saturated rings. The molecule has 1 aliphatic rings. The molecule has 26 heavy (non-hydrogen) atoms. The molecule has 1 saturated carbocycles. The van der Waals surface area contributed by atoms with Crippen molar-refractivity contribution in [3.8, 4) is 11.1 Å². The highest BCUT2D eigenvalue weighted by Crippen LogP contribution is 2.60. The van der Waals surface area contributed by atoms with Crippen molar-refractivity contribution in [2.45, 2.75) is 44.0 Å². The van der Waals surface area contributed by atoms with Crippen LogP contribution < -0.4 is 0 Å². The zero-order valence-electron chi connectivity index (χ0n) is 13.9. The van der Waals surface area contributed by atoms with Gasteiger partial charge < -0.3 is 0 Å². The molecule has 140 valence electrons. The van der Waals surface area contributed by atoms with E-state index < -0.39 is 30.6 Å². The molecule has 0 unspecified atom stereocenters. The first-order valence-corrected chi connectivity index (χ1v) is 8.43. The Labute approximate surface area is 147 Å². The van der Waals surface area contributed by atoms with Gasteiger partial charge in [0.15, 0.2) is 5.41 Å². The maximum atomic E-state index is 13.1. The van der Waals surface area contributed by atoms with Crippen molar-refractivity contribution in [3.05, 3.63) is 60.2 Å². The third-order valence-electron chi connectivity index (χ3n) is 5.41. The monoisotopic (exact) mass is 372 g/mol. The van der Waals surface area contributed by atoms with Crippen LogP contribution in [0.25, 0.3) is 11.1 Å². The minimum atomic E-state index is -5.27. The van der Waals surface area contributed by atoms with E-state index >= 15 is 0 Å². The van der Waals surface area contributed by atoms with Crippen molar-refractivity contribution >= 4 is 0 Å². The smallest absolute Gasteiger partial charge is 0.170 e. The number of hydrogen-bond donors (Lipinski definition) is 0.